The van der Waals surface area contributed by atoms with Crippen molar-refractivity contribution >= 4 is 54.3 Å². The maximum absolute atomic E-state index is 6.77. The smallest absolute Gasteiger partial charge is 0.164 e. The average molecular weight is 626 g/mol. The number of nitrogens with zero attached hydrogens (tertiary/aromatic N) is 3. The Morgan fingerprint density at radius 3 is 1.37 bits per heavy atom. The first kappa shape index (κ1) is 27.5. The van der Waals surface area contributed by atoms with Crippen LogP contribution in [0.15, 0.2) is 168 Å². The van der Waals surface area contributed by atoms with Crippen LogP contribution in [0.4, 0.5) is 0 Å². The third-order valence-electron chi connectivity index (χ3n) is 9.49. The van der Waals surface area contributed by atoms with Crippen LogP contribution >= 0.6 is 0 Å². The molecule has 0 saturated heterocycles. The van der Waals surface area contributed by atoms with Crippen molar-refractivity contribution in [3.05, 3.63) is 164 Å². The van der Waals surface area contributed by atoms with Crippen LogP contribution in [0.2, 0.25) is 0 Å². The predicted octanol–water partition coefficient (Wildman–Crippen LogP) is 11.9. The zero-order valence-electron chi connectivity index (χ0n) is 26.3. The zero-order chi connectivity index (χ0) is 32.3. The van der Waals surface area contributed by atoms with E-state index >= 15 is 0 Å². The minimum Gasteiger partial charge on any atom is -0.455 e. The molecule has 0 aliphatic carbocycles. The van der Waals surface area contributed by atoms with Gasteiger partial charge >= 0.3 is 0 Å². The Balaban J connectivity index is 1.16. The molecular weight excluding hydrogens is 599 g/mol. The third kappa shape index (κ3) is 4.49. The van der Waals surface area contributed by atoms with E-state index in [9.17, 15) is 0 Å². The van der Waals surface area contributed by atoms with Crippen LogP contribution in [0.1, 0.15) is 0 Å². The maximum Gasteiger partial charge on any atom is 0.164 e. The van der Waals surface area contributed by atoms with E-state index in [1.54, 1.807) is 0 Å². The highest BCUT2D eigenvalue weighted by Crippen LogP contribution is 2.42. The Kier molecular flexibility index (Phi) is 6.15. The number of fused-ring (bicyclic) bond motifs is 9. The van der Waals surface area contributed by atoms with Crippen LogP contribution in [0.3, 0.4) is 0 Å². The van der Waals surface area contributed by atoms with E-state index in [4.69, 9.17) is 19.4 Å². The van der Waals surface area contributed by atoms with E-state index in [1.165, 1.54) is 32.3 Å². The molecule has 0 aliphatic rings. The first-order chi connectivity index (χ1) is 24.3. The van der Waals surface area contributed by atoms with E-state index in [1.807, 2.05) is 60.7 Å². The average Bonchev–Trinajstić information content (AvgIpc) is 3.56. The van der Waals surface area contributed by atoms with Crippen LogP contribution in [0, 0.1) is 0 Å². The van der Waals surface area contributed by atoms with Gasteiger partial charge in [-0.2, -0.15) is 0 Å². The number of aromatic nitrogens is 3. The molecule has 2 aromatic heterocycles. The van der Waals surface area contributed by atoms with Gasteiger partial charge in [-0.05, 0) is 56.1 Å². The van der Waals surface area contributed by atoms with Crippen LogP contribution in [-0.4, -0.2) is 15.0 Å². The largest absolute Gasteiger partial charge is 0.455 e. The molecule has 0 unspecified atom stereocenters. The summed E-state index contributed by atoms with van der Waals surface area (Å²) >= 11 is 0. The number of furan rings is 1. The first-order valence-corrected chi connectivity index (χ1v) is 16.4. The molecule has 0 atom stereocenters. The highest BCUT2D eigenvalue weighted by atomic mass is 16.3. The fraction of sp³-hybridized carbons (Fsp3) is 0. The summed E-state index contributed by atoms with van der Waals surface area (Å²) in [5.74, 6) is 1.90. The zero-order valence-corrected chi connectivity index (χ0v) is 26.3. The highest BCUT2D eigenvalue weighted by Gasteiger charge is 2.17. The summed E-state index contributed by atoms with van der Waals surface area (Å²) in [4.78, 5) is 14.8. The van der Waals surface area contributed by atoms with Crippen LogP contribution in [0.25, 0.3) is 99.5 Å². The predicted molar refractivity (Wildman–Crippen MR) is 201 cm³/mol. The molecule has 10 rings (SSSR count). The van der Waals surface area contributed by atoms with E-state index < -0.39 is 0 Å². The number of hydrogen-bond donors (Lipinski definition) is 0. The quantitative estimate of drug-likeness (QED) is 0.183. The fourth-order valence-electron chi connectivity index (χ4n) is 7.19. The number of para-hydroxylation sites is 1. The molecule has 0 spiro atoms. The number of rotatable bonds is 4. The third-order valence-corrected chi connectivity index (χ3v) is 9.49. The first-order valence-electron chi connectivity index (χ1n) is 16.4. The maximum atomic E-state index is 6.77. The summed E-state index contributed by atoms with van der Waals surface area (Å²) in [5, 5.41) is 9.63. The summed E-state index contributed by atoms with van der Waals surface area (Å²) in [5.41, 5.74) is 6.60. The van der Waals surface area contributed by atoms with Crippen molar-refractivity contribution < 1.29 is 4.42 Å². The standard InChI is InChI=1S/C45H27N3O/c1-3-13-28(14-4-1)43-46-44(29-15-5-2-6-16-29)48-45(47-43)31-18-11-17-30(25-31)32-23-12-24-37-40-26-38-35-21-9-7-19-33(35)34-20-8-10-22-36(34)39(38)27-41(40)49-42(32)37/h1-27H. The van der Waals surface area contributed by atoms with Gasteiger partial charge in [0.1, 0.15) is 11.2 Å². The lowest BCUT2D eigenvalue weighted by molar-refractivity contribution is 0.670. The Bertz CT molecular complexity index is 2820. The van der Waals surface area contributed by atoms with Crippen molar-refractivity contribution in [1.82, 2.24) is 15.0 Å². The van der Waals surface area contributed by atoms with Crippen LogP contribution in [0.5, 0.6) is 0 Å². The topological polar surface area (TPSA) is 51.8 Å². The Morgan fingerprint density at radius 1 is 0.306 bits per heavy atom. The molecule has 2 heterocycles. The molecule has 228 valence electrons. The van der Waals surface area contributed by atoms with E-state index in [2.05, 4.69) is 103 Å². The highest BCUT2D eigenvalue weighted by molar-refractivity contribution is 6.28. The van der Waals surface area contributed by atoms with Gasteiger partial charge in [0.05, 0.1) is 0 Å². The van der Waals surface area contributed by atoms with Crippen LogP contribution < -0.4 is 0 Å². The van der Waals surface area contributed by atoms with Crippen molar-refractivity contribution in [1.29, 1.82) is 0 Å². The Hall–Kier alpha value is -6.65. The number of benzene rings is 8. The second-order valence-corrected chi connectivity index (χ2v) is 12.4. The van der Waals surface area contributed by atoms with Crippen LogP contribution in [-0.2, 0) is 0 Å². The van der Waals surface area contributed by atoms with E-state index in [0.717, 1.165) is 49.8 Å². The lowest BCUT2D eigenvalue weighted by Gasteiger charge is -2.10. The van der Waals surface area contributed by atoms with Crippen molar-refractivity contribution in [3.8, 4) is 45.3 Å². The van der Waals surface area contributed by atoms with Crippen molar-refractivity contribution in [2.45, 2.75) is 0 Å². The second-order valence-electron chi connectivity index (χ2n) is 12.4. The SMILES string of the molecule is c1ccc(-c2nc(-c3ccccc3)nc(-c3cccc(-c4cccc5c4oc4cc6c7ccccc7c7ccccc7c6cc45)c3)n2)cc1. The summed E-state index contributed by atoms with van der Waals surface area (Å²) < 4.78 is 6.77. The summed E-state index contributed by atoms with van der Waals surface area (Å²) in [6.45, 7) is 0. The van der Waals surface area contributed by atoms with Gasteiger partial charge in [-0.15, -0.1) is 0 Å². The van der Waals surface area contributed by atoms with Gasteiger partial charge in [-0.3, -0.25) is 0 Å². The fourth-order valence-corrected chi connectivity index (χ4v) is 7.19. The molecule has 10 aromatic rings. The molecule has 4 heteroatoms. The molecule has 0 N–H and O–H groups in total. The molecule has 0 fully saturated rings. The Morgan fingerprint density at radius 2 is 0.755 bits per heavy atom. The molecule has 0 amide bonds. The van der Waals surface area contributed by atoms with Crippen molar-refractivity contribution in [2.75, 3.05) is 0 Å². The summed E-state index contributed by atoms with van der Waals surface area (Å²) in [6.07, 6.45) is 0. The van der Waals surface area contributed by atoms with Gasteiger partial charge < -0.3 is 4.42 Å². The molecule has 0 radical (unpaired) electrons. The van der Waals surface area contributed by atoms with Gasteiger partial charge in [0.15, 0.2) is 17.5 Å². The molecule has 0 bridgehead atoms. The lowest BCUT2D eigenvalue weighted by atomic mass is 9.93. The van der Waals surface area contributed by atoms with Gasteiger partial charge in [-0.1, -0.05) is 146 Å². The minimum absolute atomic E-state index is 0.622. The van der Waals surface area contributed by atoms with Gasteiger partial charge in [0.25, 0.3) is 0 Å². The van der Waals surface area contributed by atoms with E-state index in [0.29, 0.717) is 17.5 Å². The van der Waals surface area contributed by atoms with Gasteiger partial charge in [-0.25, -0.2) is 15.0 Å². The number of hydrogen-bond acceptors (Lipinski definition) is 4. The van der Waals surface area contributed by atoms with Gasteiger partial charge in [0.2, 0.25) is 0 Å². The van der Waals surface area contributed by atoms with Crippen molar-refractivity contribution in [2.24, 2.45) is 0 Å². The molecule has 4 nitrogen and oxygen atoms in total. The second kappa shape index (κ2) is 11.0. The summed E-state index contributed by atoms with van der Waals surface area (Å²) in [6, 6.07) is 56.8. The molecule has 0 aliphatic heterocycles. The molecule has 8 aromatic carbocycles. The summed E-state index contributed by atoms with van der Waals surface area (Å²) in [7, 11) is 0. The molecule has 49 heavy (non-hydrogen) atoms. The normalized spacial score (nSPS) is 11.7. The Labute approximate surface area is 282 Å². The van der Waals surface area contributed by atoms with Gasteiger partial charge in [0, 0.05) is 33.0 Å². The monoisotopic (exact) mass is 625 g/mol. The molecular formula is C45H27N3O. The van der Waals surface area contributed by atoms with E-state index in [-0.39, 0.29) is 0 Å². The van der Waals surface area contributed by atoms with Crippen molar-refractivity contribution in [3.63, 3.8) is 0 Å². The molecule has 0 saturated carbocycles. The minimum atomic E-state index is 0.622. The lowest BCUT2D eigenvalue weighted by Crippen LogP contribution is -2.00.